The second-order valence-electron chi connectivity index (χ2n) is 7.91. The molecule has 30 heavy (non-hydrogen) atoms. The number of hydrogen-bond donors (Lipinski definition) is 1. The molecule has 0 atom stereocenters. The Labute approximate surface area is 201 Å². The number of nitrogens with two attached hydrogens (primary N) is 1. The lowest BCUT2D eigenvalue weighted by atomic mass is 9.92. The number of amides is 1. The number of fused-ring (bicyclic) bond motifs is 2. The molecule has 0 saturated heterocycles. The molecular weight excluding hydrogens is 608 g/mol. The van der Waals surface area contributed by atoms with Crippen LogP contribution in [0.2, 0.25) is 0 Å². The minimum absolute atomic E-state index is 0.0183. The molecule has 2 N–H and O–H groups in total. The van der Waals surface area contributed by atoms with E-state index in [4.69, 9.17) is 5.73 Å². The topological polar surface area (TPSA) is 95.8 Å². The number of nitrogens with zero attached hydrogens (tertiary/aromatic N) is 4. The largest absolute Gasteiger partial charge is 0.350 e. The van der Waals surface area contributed by atoms with Gasteiger partial charge in [-0.2, -0.15) is 19.6 Å². The average molecular weight is 629 g/mol. The summed E-state index contributed by atoms with van der Waals surface area (Å²) in [5, 5.41) is 10.3. The minimum Gasteiger partial charge on any atom is -0.350 e. The Morgan fingerprint density at radius 1 is 0.867 bits per heavy atom. The van der Waals surface area contributed by atoms with Crippen molar-refractivity contribution in [2.75, 3.05) is 0 Å². The fourth-order valence-corrected chi connectivity index (χ4v) is 4.29. The summed E-state index contributed by atoms with van der Waals surface area (Å²) in [5.41, 5.74) is 6.78. The molecule has 156 valence electrons. The van der Waals surface area contributed by atoms with Gasteiger partial charge in [0.05, 0.1) is 11.0 Å². The van der Waals surface area contributed by atoms with Crippen LogP contribution in [0.15, 0.2) is 48.5 Å². The molecule has 0 aliphatic rings. The molecule has 2 aromatic carbocycles. The molecule has 4 rings (SSSR count). The number of carbonyl (C=O) groups is 2. The Morgan fingerprint density at radius 2 is 1.30 bits per heavy atom. The summed E-state index contributed by atoms with van der Waals surface area (Å²) in [6.45, 7) is 6.17. The molecule has 0 unspecified atom stereocenters. The van der Waals surface area contributed by atoms with Gasteiger partial charge in [0, 0.05) is 17.2 Å². The highest BCUT2D eigenvalue weighted by atomic mass is 127. The van der Waals surface area contributed by atoms with Crippen molar-refractivity contribution in [1.29, 1.82) is 0 Å². The van der Waals surface area contributed by atoms with E-state index >= 15 is 0 Å². The van der Waals surface area contributed by atoms with Gasteiger partial charge in [0.15, 0.2) is 0 Å². The SMILES string of the molecule is CC(C)(C)CC(=O)n1nc(I)c2ccccc21.NC(=O)n1nc(I)c2ccccc21. The Bertz CT molecular complexity index is 1240. The smallest absolute Gasteiger partial charge is 0.340 e. The maximum Gasteiger partial charge on any atom is 0.340 e. The lowest BCUT2D eigenvalue weighted by Gasteiger charge is -2.16. The Kier molecular flexibility index (Phi) is 6.80. The zero-order valence-corrected chi connectivity index (χ0v) is 21.1. The first-order valence-electron chi connectivity index (χ1n) is 9.18. The maximum absolute atomic E-state index is 12.2. The molecule has 0 bridgehead atoms. The Hall–Kier alpha value is -2.02. The molecule has 2 heterocycles. The number of aromatic nitrogens is 4. The second kappa shape index (κ2) is 9.00. The van der Waals surface area contributed by atoms with Gasteiger partial charge in [-0.1, -0.05) is 57.2 Å². The monoisotopic (exact) mass is 629 g/mol. The molecule has 0 fully saturated rings. The van der Waals surface area contributed by atoms with E-state index in [2.05, 4.69) is 76.2 Å². The third-order valence-corrected chi connectivity index (χ3v) is 5.80. The molecule has 2 aromatic heterocycles. The summed E-state index contributed by atoms with van der Waals surface area (Å²) in [6.07, 6.45) is 0.495. The van der Waals surface area contributed by atoms with Crippen LogP contribution in [0.5, 0.6) is 0 Å². The molecule has 1 amide bonds. The summed E-state index contributed by atoms with van der Waals surface area (Å²) in [6, 6.07) is 14.7. The van der Waals surface area contributed by atoms with Crippen LogP contribution in [0, 0.1) is 12.8 Å². The van der Waals surface area contributed by atoms with Crippen LogP contribution in [0.4, 0.5) is 4.79 Å². The number of benzene rings is 2. The normalized spacial score (nSPS) is 11.4. The third-order valence-electron chi connectivity index (χ3n) is 4.21. The van der Waals surface area contributed by atoms with E-state index in [-0.39, 0.29) is 11.3 Å². The van der Waals surface area contributed by atoms with Crippen molar-refractivity contribution in [2.24, 2.45) is 11.1 Å². The molecular formula is C21H21I2N5O2. The van der Waals surface area contributed by atoms with Gasteiger partial charge in [-0.05, 0) is 62.7 Å². The predicted octanol–water partition coefficient (Wildman–Crippen LogP) is 5.29. The van der Waals surface area contributed by atoms with Gasteiger partial charge in [-0.15, -0.1) is 0 Å². The van der Waals surface area contributed by atoms with Crippen molar-refractivity contribution in [3.05, 3.63) is 55.9 Å². The van der Waals surface area contributed by atoms with Crippen molar-refractivity contribution in [2.45, 2.75) is 27.2 Å². The van der Waals surface area contributed by atoms with Gasteiger partial charge in [0.2, 0.25) is 5.91 Å². The van der Waals surface area contributed by atoms with Gasteiger partial charge >= 0.3 is 6.03 Å². The van der Waals surface area contributed by atoms with Gasteiger partial charge in [0.1, 0.15) is 7.40 Å². The van der Waals surface area contributed by atoms with Crippen molar-refractivity contribution < 1.29 is 9.59 Å². The summed E-state index contributed by atoms with van der Waals surface area (Å²) in [4.78, 5) is 23.1. The van der Waals surface area contributed by atoms with Crippen LogP contribution in [0.1, 0.15) is 32.0 Å². The first-order chi connectivity index (χ1) is 14.1. The maximum atomic E-state index is 12.2. The van der Waals surface area contributed by atoms with E-state index in [1.54, 1.807) is 0 Å². The van der Waals surface area contributed by atoms with E-state index in [0.29, 0.717) is 6.42 Å². The number of carbonyl (C=O) groups excluding carboxylic acids is 2. The number of rotatable bonds is 1. The van der Waals surface area contributed by atoms with E-state index in [1.165, 1.54) is 9.36 Å². The highest BCUT2D eigenvalue weighted by molar-refractivity contribution is 14.1. The third kappa shape index (κ3) is 4.99. The Balaban J connectivity index is 0.000000177. The molecule has 4 aromatic rings. The highest BCUT2D eigenvalue weighted by Gasteiger charge is 2.20. The number of primary amides is 1. The van der Waals surface area contributed by atoms with Gasteiger partial charge in [0.25, 0.3) is 0 Å². The molecule has 0 aliphatic heterocycles. The minimum atomic E-state index is -0.556. The molecule has 0 radical (unpaired) electrons. The molecule has 7 nitrogen and oxygen atoms in total. The number of halogens is 2. The highest BCUT2D eigenvalue weighted by Crippen LogP contribution is 2.24. The molecule has 9 heteroatoms. The van der Waals surface area contributed by atoms with Crippen molar-refractivity contribution in [3.63, 3.8) is 0 Å². The zero-order valence-electron chi connectivity index (χ0n) is 16.8. The summed E-state index contributed by atoms with van der Waals surface area (Å²) >= 11 is 4.24. The van der Waals surface area contributed by atoms with Crippen LogP contribution >= 0.6 is 45.2 Å². The van der Waals surface area contributed by atoms with Gasteiger partial charge in [-0.3, -0.25) is 4.79 Å². The van der Waals surface area contributed by atoms with Crippen molar-refractivity contribution in [3.8, 4) is 0 Å². The fourth-order valence-electron chi connectivity index (χ4n) is 2.94. The quantitative estimate of drug-likeness (QED) is 0.290. The standard InChI is InChI=1S/C13H15IN2O.C8H6IN3O/c1-13(2,3)8-11(17)16-10-7-5-4-6-9(10)12(14)15-16;9-7-5-3-1-2-4-6(5)12(11-7)8(10)13/h4-7H,8H2,1-3H3;1-4H,(H2,10,13). The first kappa shape index (κ1) is 22.7. The van der Waals surface area contributed by atoms with Crippen molar-refractivity contribution in [1.82, 2.24) is 19.6 Å². The summed E-state index contributed by atoms with van der Waals surface area (Å²) in [7, 11) is 0. The molecule has 0 spiro atoms. The van der Waals surface area contributed by atoms with E-state index in [9.17, 15) is 9.59 Å². The summed E-state index contributed by atoms with van der Waals surface area (Å²) < 4.78 is 4.40. The van der Waals surface area contributed by atoms with Crippen LogP contribution < -0.4 is 5.73 Å². The summed E-state index contributed by atoms with van der Waals surface area (Å²) in [5.74, 6) is 0.0524. The van der Waals surface area contributed by atoms with E-state index < -0.39 is 6.03 Å². The van der Waals surface area contributed by atoms with Crippen LogP contribution in [0.25, 0.3) is 21.8 Å². The van der Waals surface area contributed by atoms with E-state index in [1.807, 2.05) is 48.5 Å². The second-order valence-corrected chi connectivity index (χ2v) is 9.95. The lowest BCUT2D eigenvalue weighted by molar-refractivity contribution is 0.0846. The first-order valence-corrected chi connectivity index (χ1v) is 11.3. The Morgan fingerprint density at radius 3 is 1.77 bits per heavy atom. The zero-order chi connectivity index (χ0) is 22.1. The lowest BCUT2D eigenvalue weighted by Crippen LogP contribution is -2.20. The van der Waals surface area contributed by atoms with Gasteiger partial charge < -0.3 is 5.73 Å². The van der Waals surface area contributed by atoms with Crippen molar-refractivity contribution >= 4 is 78.9 Å². The van der Waals surface area contributed by atoms with Crippen LogP contribution in [0.3, 0.4) is 0 Å². The average Bonchev–Trinajstić information content (AvgIpc) is 3.20. The van der Waals surface area contributed by atoms with Gasteiger partial charge in [-0.25, -0.2) is 4.79 Å². The fraction of sp³-hybridized carbons (Fsp3) is 0.238. The number of para-hydroxylation sites is 2. The molecule has 0 saturated carbocycles. The van der Waals surface area contributed by atoms with Crippen LogP contribution in [-0.2, 0) is 0 Å². The predicted molar refractivity (Wildman–Crippen MR) is 135 cm³/mol. The van der Waals surface area contributed by atoms with Crippen LogP contribution in [-0.4, -0.2) is 31.5 Å². The number of hydrogen-bond acceptors (Lipinski definition) is 4. The molecule has 0 aliphatic carbocycles. The van der Waals surface area contributed by atoms with E-state index in [0.717, 1.165) is 29.2 Å².